The Kier molecular flexibility index (Phi) is 3.73. The molecule has 1 aromatic carbocycles. The zero-order chi connectivity index (χ0) is 14.1. The second kappa shape index (κ2) is 5.02. The Bertz CT molecular complexity index is 484. The quantitative estimate of drug-likeness (QED) is 0.880. The molecule has 1 heterocycles. The Hall–Kier alpha value is -1.27. The molecule has 0 aliphatic carbocycles. The van der Waals surface area contributed by atoms with E-state index in [1.165, 1.54) is 12.1 Å². The summed E-state index contributed by atoms with van der Waals surface area (Å²) in [5.74, 6) is -1.05. The molecular formula is C12H12ClF3N2O. The van der Waals surface area contributed by atoms with Gasteiger partial charge in [-0.25, -0.2) is 0 Å². The van der Waals surface area contributed by atoms with Crippen molar-refractivity contribution < 1.29 is 18.0 Å². The number of anilines is 1. The van der Waals surface area contributed by atoms with Crippen molar-refractivity contribution in [2.75, 3.05) is 18.4 Å². The van der Waals surface area contributed by atoms with E-state index < -0.39 is 24.0 Å². The van der Waals surface area contributed by atoms with Crippen molar-refractivity contribution in [2.24, 2.45) is 5.41 Å². The lowest BCUT2D eigenvalue weighted by Gasteiger charge is -2.29. The topological polar surface area (TPSA) is 41.1 Å². The number of halogens is 4. The van der Waals surface area contributed by atoms with Crippen LogP contribution < -0.4 is 10.6 Å². The Balaban J connectivity index is 2.22. The maximum Gasteiger partial charge on any atom is 0.404 e. The molecule has 7 heteroatoms. The highest BCUT2D eigenvalue weighted by Crippen LogP contribution is 2.43. The Morgan fingerprint density at radius 2 is 2.16 bits per heavy atom. The molecular weight excluding hydrogens is 281 g/mol. The molecule has 0 radical (unpaired) electrons. The van der Waals surface area contributed by atoms with Gasteiger partial charge in [-0.3, -0.25) is 4.79 Å². The lowest BCUT2D eigenvalue weighted by Crippen LogP contribution is -2.49. The number of hydrogen-bond acceptors (Lipinski definition) is 2. The maximum absolute atomic E-state index is 13.1. The average molecular weight is 293 g/mol. The molecule has 3 nitrogen and oxygen atoms in total. The zero-order valence-electron chi connectivity index (χ0n) is 9.85. The molecule has 0 spiro atoms. The van der Waals surface area contributed by atoms with Crippen molar-refractivity contribution in [3.8, 4) is 0 Å². The molecule has 1 aromatic rings. The van der Waals surface area contributed by atoms with Gasteiger partial charge >= 0.3 is 6.18 Å². The fourth-order valence-corrected chi connectivity index (χ4v) is 2.26. The first-order valence-electron chi connectivity index (χ1n) is 5.70. The van der Waals surface area contributed by atoms with Gasteiger partial charge in [0.1, 0.15) is 0 Å². The van der Waals surface area contributed by atoms with E-state index in [1.807, 2.05) is 0 Å². The van der Waals surface area contributed by atoms with Crippen molar-refractivity contribution >= 4 is 23.2 Å². The monoisotopic (exact) mass is 292 g/mol. The Morgan fingerprint density at radius 1 is 1.42 bits per heavy atom. The first kappa shape index (κ1) is 14.1. The summed E-state index contributed by atoms with van der Waals surface area (Å²) in [6, 6.07) is 6.04. The van der Waals surface area contributed by atoms with Crippen LogP contribution in [0.3, 0.4) is 0 Å². The van der Waals surface area contributed by atoms with Crippen molar-refractivity contribution in [1.82, 2.24) is 5.32 Å². The summed E-state index contributed by atoms with van der Waals surface area (Å²) >= 11 is 5.73. The second-order valence-electron chi connectivity index (χ2n) is 4.47. The fraction of sp³-hybridized carbons (Fsp3) is 0.417. The summed E-state index contributed by atoms with van der Waals surface area (Å²) in [6.45, 7) is -0.231. The lowest BCUT2D eigenvalue weighted by atomic mass is 9.85. The van der Waals surface area contributed by atoms with Crippen LogP contribution in [0, 0.1) is 5.41 Å². The first-order valence-corrected chi connectivity index (χ1v) is 6.07. The Labute approximate surface area is 113 Å². The van der Waals surface area contributed by atoms with E-state index in [-0.39, 0.29) is 18.7 Å². The molecule has 1 amide bonds. The number of carbonyl (C=O) groups excluding carboxylic acids is 1. The summed E-state index contributed by atoms with van der Waals surface area (Å²) < 4.78 is 39.4. The lowest BCUT2D eigenvalue weighted by molar-refractivity contribution is -0.213. The molecule has 0 bridgehead atoms. The van der Waals surface area contributed by atoms with E-state index in [4.69, 9.17) is 11.6 Å². The summed E-state index contributed by atoms with van der Waals surface area (Å²) in [5.41, 5.74) is -2.11. The highest BCUT2D eigenvalue weighted by Gasteiger charge is 2.61. The Morgan fingerprint density at radius 3 is 2.68 bits per heavy atom. The van der Waals surface area contributed by atoms with Gasteiger partial charge in [-0.15, -0.1) is 0 Å². The van der Waals surface area contributed by atoms with Crippen LogP contribution >= 0.6 is 11.6 Å². The molecule has 1 aliphatic rings. The van der Waals surface area contributed by atoms with Gasteiger partial charge < -0.3 is 10.6 Å². The molecule has 19 heavy (non-hydrogen) atoms. The number of carbonyl (C=O) groups is 1. The molecule has 1 unspecified atom stereocenters. The molecule has 1 atom stereocenters. The van der Waals surface area contributed by atoms with Crippen LogP contribution in [0.5, 0.6) is 0 Å². The van der Waals surface area contributed by atoms with Crippen molar-refractivity contribution in [3.05, 3.63) is 29.3 Å². The average Bonchev–Trinajstić information content (AvgIpc) is 2.78. The number of nitrogens with one attached hydrogen (secondary N) is 2. The van der Waals surface area contributed by atoms with E-state index in [0.717, 1.165) is 0 Å². The molecule has 1 fully saturated rings. The van der Waals surface area contributed by atoms with Crippen molar-refractivity contribution in [2.45, 2.75) is 12.6 Å². The van der Waals surface area contributed by atoms with Crippen LogP contribution in [-0.4, -0.2) is 25.2 Å². The SMILES string of the molecule is O=C(Nc1cccc(Cl)c1)C1(C(F)(F)F)CCNC1. The van der Waals surface area contributed by atoms with Gasteiger partial charge in [0, 0.05) is 17.3 Å². The largest absolute Gasteiger partial charge is 0.404 e. The highest BCUT2D eigenvalue weighted by molar-refractivity contribution is 6.30. The van der Waals surface area contributed by atoms with Crippen LogP contribution in [0.15, 0.2) is 24.3 Å². The number of benzene rings is 1. The van der Waals surface area contributed by atoms with E-state index in [1.54, 1.807) is 12.1 Å². The van der Waals surface area contributed by atoms with Gasteiger partial charge in [0.15, 0.2) is 5.41 Å². The van der Waals surface area contributed by atoms with Crippen molar-refractivity contribution in [3.63, 3.8) is 0 Å². The minimum Gasteiger partial charge on any atom is -0.325 e. The van der Waals surface area contributed by atoms with Crippen molar-refractivity contribution in [1.29, 1.82) is 0 Å². The van der Waals surface area contributed by atoms with E-state index in [9.17, 15) is 18.0 Å². The minimum atomic E-state index is -4.58. The molecule has 1 aliphatic heterocycles. The minimum absolute atomic E-state index is 0.169. The standard InChI is InChI=1S/C12H12ClF3N2O/c13-8-2-1-3-9(6-8)18-10(19)11(12(14,15)16)4-5-17-7-11/h1-3,6,17H,4-5,7H2,(H,18,19). The number of alkyl halides is 3. The second-order valence-corrected chi connectivity index (χ2v) is 4.91. The number of rotatable bonds is 2. The molecule has 1 saturated heterocycles. The predicted octanol–water partition coefficient (Wildman–Crippen LogP) is 2.82. The van der Waals surface area contributed by atoms with Crippen LogP contribution in [0.1, 0.15) is 6.42 Å². The van der Waals surface area contributed by atoms with Gasteiger partial charge in [0.2, 0.25) is 5.91 Å². The van der Waals surface area contributed by atoms with Gasteiger partial charge in [0.05, 0.1) is 0 Å². The molecule has 0 aromatic heterocycles. The van der Waals surface area contributed by atoms with Gasteiger partial charge in [0.25, 0.3) is 0 Å². The highest BCUT2D eigenvalue weighted by atomic mass is 35.5. The normalized spacial score (nSPS) is 23.4. The van der Waals surface area contributed by atoms with Crippen LogP contribution in [0.4, 0.5) is 18.9 Å². The molecule has 0 saturated carbocycles. The fourth-order valence-electron chi connectivity index (χ4n) is 2.07. The summed E-state index contributed by atoms with van der Waals surface area (Å²) in [5, 5.41) is 5.23. The third-order valence-electron chi connectivity index (χ3n) is 3.22. The first-order chi connectivity index (χ1) is 8.85. The molecule has 2 N–H and O–H groups in total. The van der Waals surface area contributed by atoms with Crippen LogP contribution in [0.2, 0.25) is 5.02 Å². The van der Waals surface area contributed by atoms with Crippen LogP contribution in [0.25, 0.3) is 0 Å². The third-order valence-corrected chi connectivity index (χ3v) is 3.45. The van der Waals surface area contributed by atoms with Gasteiger partial charge in [-0.1, -0.05) is 17.7 Å². The maximum atomic E-state index is 13.1. The number of amides is 1. The van der Waals surface area contributed by atoms with E-state index >= 15 is 0 Å². The third kappa shape index (κ3) is 2.69. The summed E-state index contributed by atoms with van der Waals surface area (Å²) in [7, 11) is 0. The zero-order valence-corrected chi connectivity index (χ0v) is 10.6. The number of hydrogen-bond donors (Lipinski definition) is 2. The predicted molar refractivity (Wildman–Crippen MR) is 66.1 cm³/mol. The molecule has 2 rings (SSSR count). The van der Waals surface area contributed by atoms with Crippen LogP contribution in [-0.2, 0) is 4.79 Å². The smallest absolute Gasteiger partial charge is 0.325 e. The van der Waals surface area contributed by atoms with E-state index in [0.29, 0.717) is 5.02 Å². The summed E-state index contributed by atoms with van der Waals surface area (Å²) in [4.78, 5) is 12.0. The molecule has 104 valence electrons. The van der Waals surface area contributed by atoms with E-state index in [2.05, 4.69) is 10.6 Å². The van der Waals surface area contributed by atoms with Gasteiger partial charge in [-0.05, 0) is 31.2 Å². The summed E-state index contributed by atoms with van der Waals surface area (Å²) in [6.07, 6.45) is -4.85. The van der Waals surface area contributed by atoms with Gasteiger partial charge in [-0.2, -0.15) is 13.2 Å².